The second-order valence-corrected chi connectivity index (χ2v) is 5.92. The molecular formula is C14H17N3O2S. The number of nitrogens with zero attached hydrogens (tertiary/aromatic N) is 2. The molecule has 3 heterocycles. The molecule has 1 saturated heterocycles. The zero-order valence-corrected chi connectivity index (χ0v) is 11.9. The summed E-state index contributed by atoms with van der Waals surface area (Å²) in [5, 5.41) is 9.10. The van der Waals surface area contributed by atoms with Crippen LogP contribution in [0.15, 0.2) is 29.9 Å². The van der Waals surface area contributed by atoms with Gasteiger partial charge in [-0.25, -0.2) is 0 Å². The van der Waals surface area contributed by atoms with Gasteiger partial charge in [-0.3, -0.25) is 9.48 Å². The molecule has 20 heavy (non-hydrogen) atoms. The number of carbonyl (C=O) groups excluding carboxylic acids is 1. The Kier molecular flexibility index (Phi) is 4.13. The Morgan fingerprint density at radius 3 is 3.30 bits per heavy atom. The fourth-order valence-electron chi connectivity index (χ4n) is 2.30. The highest BCUT2D eigenvalue weighted by molar-refractivity contribution is 7.10. The number of amides is 1. The molecule has 2 aromatic heterocycles. The van der Waals surface area contributed by atoms with E-state index in [1.807, 2.05) is 28.4 Å². The van der Waals surface area contributed by atoms with Crippen LogP contribution in [0.4, 0.5) is 5.69 Å². The van der Waals surface area contributed by atoms with Gasteiger partial charge in [-0.05, 0) is 24.3 Å². The van der Waals surface area contributed by atoms with Gasteiger partial charge >= 0.3 is 0 Å². The van der Waals surface area contributed by atoms with Gasteiger partial charge in [0.25, 0.3) is 0 Å². The average Bonchev–Trinajstić information content (AvgIpc) is 3.12. The SMILES string of the molecule is O=C(Cc1cccs1)Nc1cnn(CC2CCCO2)c1. The van der Waals surface area contributed by atoms with E-state index in [1.165, 1.54) is 0 Å². The van der Waals surface area contributed by atoms with Gasteiger partial charge in [0.1, 0.15) is 0 Å². The largest absolute Gasteiger partial charge is 0.376 e. The summed E-state index contributed by atoms with van der Waals surface area (Å²) in [5.74, 6) is -0.0101. The van der Waals surface area contributed by atoms with Gasteiger partial charge < -0.3 is 10.1 Å². The maximum absolute atomic E-state index is 11.9. The van der Waals surface area contributed by atoms with Crippen molar-refractivity contribution in [3.63, 3.8) is 0 Å². The van der Waals surface area contributed by atoms with Crippen LogP contribution in [0.3, 0.4) is 0 Å². The number of hydrogen-bond acceptors (Lipinski definition) is 4. The molecule has 2 aromatic rings. The third-order valence-corrected chi connectivity index (χ3v) is 4.12. The van der Waals surface area contributed by atoms with Gasteiger partial charge in [-0.2, -0.15) is 5.10 Å². The summed E-state index contributed by atoms with van der Waals surface area (Å²) < 4.78 is 7.40. The molecule has 1 fully saturated rings. The number of hydrogen-bond donors (Lipinski definition) is 1. The Labute approximate surface area is 121 Å². The lowest BCUT2D eigenvalue weighted by atomic mass is 10.2. The van der Waals surface area contributed by atoms with Crippen molar-refractivity contribution in [2.75, 3.05) is 11.9 Å². The smallest absolute Gasteiger partial charge is 0.229 e. The summed E-state index contributed by atoms with van der Waals surface area (Å²) in [6.07, 6.45) is 6.41. The number of ether oxygens (including phenoxy) is 1. The Morgan fingerprint density at radius 2 is 2.55 bits per heavy atom. The molecule has 1 aliphatic rings. The summed E-state index contributed by atoms with van der Waals surface area (Å²) >= 11 is 1.59. The first kappa shape index (κ1) is 13.3. The molecule has 0 radical (unpaired) electrons. The predicted octanol–water partition coefficient (Wildman–Crippen LogP) is 2.30. The number of nitrogens with one attached hydrogen (secondary N) is 1. The Balaban J connectivity index is 1.52. The van der Waals surface area contributed by atoms with Crippen molar-refractivity contribution in [3.8, 4) is 0 Å². The highest BCUT2D eigenvalue weighted by atomic mass is 32.1. The average molecular weight is 291 g/mol. The molecule has 1 aliphatic heterocycles. The zero-order valence-electron chi connectivity index (χ0n) is 11.1. The van der Waals surface area contributed by atoms with Gasteiger partial charge in [-0.15, -0.1) is 11.3 Å². The van der Waals surface area contributed by atoms with Gasteiger partial charge in [0.2, 0.25) is 5.91 Å². The van der Waals surface area contributed by atoms with Crippen LogP contribution >= 0.6 is 11.3 Å². The number of thiophene rings is 1. The molecule has 1 N–H and O–H groups in total. The van der Waals surface area contributed by atoms with E-state index in [4.69, 9.17) is 4.74 Å². The summed E-state index contributed by atoms with van der Waals surface area (Å²) in [6, 6.07) is 3.91. The predicted molar refractivity (Wildman–Crippen MR) is 77.9 cm³/mol. The minimum atomic E-state index is -0.0101. The van der Waals surface area contributed by atoms with Crippen LogP contribution in [0.5, 0.6) is 0 Å². The van der Waals surface area contributed by atoms with E-state index in [2.05, 4.69) is 10.4 Å². The molecule has 6 heteroatoms. The first-order valence-electron chi connectivity index (χ1n) is 6.76. The number of aromatic nitrogens is 2. The fourth-order valence-corrected chi connectivity index (χ4v) is 3.01. The van der Waals surface area contributed by atoms with E-state index >= 15 is 0 Å². The molecule has 106 valence electrons. The van der Waals surface area contributed by atoms with Gasteiger partial charge in [0, 0.05) is 17.7 Å². The minimum Gasteiger partial charge on any atom is -0.376 e. The van der Waals surface area contributed by atoms with E-state index in [0.29, 0.717) is 6.42 Å². The third-order valence-electron chi connectivity index (χ3n) is 3.25. The van der Waals surface area contributed by atoms with E-state index < -0.39 is 0 Å². The van der Waals surface area contributed by atoms with Crippen LogP contribution < -0.4 is 5.32 Å². The summed E-state index contributed by atoms with van der Waals surface area (Å²) in [5.41, 5.74) is 0.740. The number of rotatable bonds is 5. The molecular weight excluding hydrogens is 274 g/mol. The lowest BCUT2D eigenvalue weighted by Crippen LogP contribution is -2.15. The summed E-state index contributed by atoms with van der Waals surface area (Å²) in [6.45, 7) is 1.59. The molecule has 1 atom stereocenters. The summed E-state index contributed by atoms with van der Waals surface area (Å²) in [7, 11) is 0. The fraction of sp³-hybridized carbons (Fsp3) is 0.429. The van der Waals surface area contributed by atoms with Crippen molar-refractivity contribution in [2.24, 2.45) is 0 Å². The third kappa shape index (κ3) is 3.46. The number of anilines is 1. The van der Waals surface area contributed by atoms with Crippen molar-refractivity contribution in [1.29, 1.82) is 0 Å². The van der Waals surface area contributed by atoms with Crippen molar-refractivity contribution >= 4 is 22.9 Å². The number of carbonyl (C=O) groups is 1. The van der Waals surface area contributed by atoms with Crippen LogP contribution in [0.1, 0.15) is 17.7 Å². The zero-order chi connectivity index (χ0) is 13.8. The van der Waals surface area contributed by atoms with Gasteiger partial charge in [0.05, 0.1) is 31.0 Å². The summed E-state index contributed by atoms with van der Waals surface area (Å²) in [4.78, 5) is 12.9. The quantitative estimate of drug-likeness (QED) is 0.919. The van der Waals surface area contributed by atoms with E-state index in [0.717, 1.165) is 36.6 Å². The van der Waals surface area contributed by atoms with Crippen LogP contribution in [-0.4, -0.2) is 28.4 Å². The molecule has 1 unspecified atom stereocenters. The molecule has 5 nitrogen and oxygen atoms in total. The Bertz CT molecular complexity index is 559. The lowest BCUT2D eigenvalue weighted by molar-refractivity contribution is -0.115. The van der Waals surface area contributed by atoms with E-state index in [1.54, 1.807) is 17.5 Å². The highest BCUT2D eigenvalue weighted by Crippen LogP contribution is 2.15. The van der Waals surface area contributed by atoms with Crippen molar-refractivity contribution in [3.05, 3.63) is 34.8 Å². The first-order valence-corrected chi connectivity index (χ1v) is 7.64. The lowest BCUT2D eigenvalue weighted by Gasteiger charge is -2.08. The normalized spacial score (nSPS) is 18.3. The van der Waals surface area contributed by atoms with Crippen LogP contribution in [-0.2, 0) is 22.5 Å². The highest BCUT2D eigenvalue weighted by Gasteiger charge is 2.16. The molecule has 1 amide bonds. The Hall–Kier alpha value is -1.66. The maximum atomic E-state index is 11.9. The monoisotopic (exact) mass is 291 g/mol. The topological polar surface area (TPSA) is 56.2 Å². The maximum Gasteiger partial charge on any atom is 0.229 e. The standard InChI is InChI=1S/C14H17N3O2S/c18-14(7-13-4-2-6-20-13)16-11-8-15-17(9-11)10-12-3-1-5-19-12/h2,4,6,8-9,12H,1,3,5,7,10H2,(H,16,18). The minimum absolute atomic E-state index is 0.0101. The molecule has 0 aliphatic carbocycles. The van der Waals surface area contributed by atoms with Crippen LogP contribution in [0.25, 0.3) is 0 Å². The van der Waals surface area contributed by atoms with Gasteiger partial charge in [0.15, 0.2) is 0 Å². The van der Waals surface area contributed by atoms with Crippen molar-refractivity contribution in [1.82, 2.24) is 9.78 Å². The van der Waals surface area contributed by atoms with E-state index in [-0.39, 0.29) is 12.0 Å². The molecule has 0 spiro atoms. The second-order valence-electron chi connectivity index (χ2n) is 4.89. The molecule has 3 rings (SSSR count). The van der Waals surface area contributed by atoms with Crippen LogP contribution in [0.2, 0.25) is 0 Å². The molecule has 0 aromatic carbocycles. The van der Waals surface area contributed by atoms with E-state index in [9.17, 15) is 4.79 Å². The van der Waals surface area contributed by atoms with Crippen LogP contribution in [0, 0.1) is 0 Å². The first-order chi connectivity index (χ1) is 9.79. The molecule has 0 bridgehead atoms. The Morgan fingerprint density at radius 1 is 1.60 bits per heavy atom. The van der Waals surface area contributed by atoms with Crippen molar-refractivity contribution < 1.29 is 9.53 Å². The van der Waals surface area contributed by atoms with Crippen molar-refractivity contribution in [2.45, 2.75) is 31.9 Å². The molecule has 0 saturated carbocycles. The second kappa shape index (κ2) is 6.19. The van der Waals surface area contributed by atoms with Gasteiger partial charge in [-0.1, -0.05) is 6.07 Å².